The van der Waals surface area contributed by atoms with Gasteiger partial charge in [-0.05, 0) is 26.0 Å². The van der Waals surface area contributed by atoms with Gasteiger partial charge in [-0.15, -0.1) is 11.3 Å². The predicted molar refractivity (Wildman–Crippen MR) is 84.8 cm³/mol. The van der Waals surface area contributed by atoms with Crippen LogP contribution in [0.25, 0.3) is 10.2 Å². The van der Waals surface area contributed by atoms with Gasteiger partial charge in [-0.3, -0.25) is 9.59 Å². The lowest BCUT2D eigenvalue weighted by molar-refractivity contribution is -0.144. The molecule has 0 bridgehead atoms. The fourth-order valence-corrected chi connectivity index (χ4v) is 3.78. The first-order valence-corrected chi connectivity index (χ1v) is 8.27. The van der Waals surface area contributed by atoms with E-state index < -0.39 is 5.97 Å². The summed E-state index contributed by atoms with van der Waals surface area (Å²) in [6.07, 6.45) is 0. The molecule has 1 heterocycles. The molecule has 0 aliphatic heterocycles. The number of carboxylic acid groups (broad SMARTS) is 1. The molecule has 1 amide bonds. The summed E-state index contributed by atoms with van der Waals surface area (Å²) >= 11 is 2.89. The van der Waals surface area contributed by atoms with E-state index in [2.05, 4.69) is 4.98 Å². The Labute approximate surface area is 131 Å². The highest BCUT2D eigenvalue weighted by atomic mass is 32.2. The molecule has 0 spiro atoms. The fourth-order valence-electron chi connectivity index (χ4n) is 1.82. The molecule has 0 unspecified atom stereocenters. The number of hydrogen-bond donors (Lipinski definition) is 1. The summed E-state index contributed by atoms with van der Waals surface area (Å²) in [4.78, 5) is 28.7. The number of hydrogen-bond acceptors (Lipinski definition) is 5. The third-order valence-electron chi connectivity index (χ3n) is 2.84. The van der Waals surface area contributed by atoms with Crippen LogP contribution in [0.3, 0.4) is 0 Å². The van der Waals surface area contributed by atoms with Crippen LogP contribution < -0.4 is 0 Å². The second-order valence-corrected chi connectivity index (χ2v) is 7.00. The Balaban J connectivity index is 2.00. The van der Waals surface area contributed by atoms with Crippen LogP contribution in [0, 0.1) is 0 Å². The molecule has 0 aliphatic rings. The third kappa shape index (κ3) is 4.18. The number of nitrogens with zero attached hydrogens (tertiary/aromatic N) is 2. The number of aliphatic carboxylic acids is 1. The highest BCUT2D eigenvalue weighted by Gasteiger charge is 2.20. The van der Waals surface area contributed by atoms with Crippen LogP contribution in [-0.2, 0) is 9.59 Å². The van der Waals surface area contributed by atoms with Gasteiger partial charge in [0.15, 0.2) is 4.34 Å². The van der Waals surface area contributed by atoms with Crippen molar-refractivity contribution in [3.63, 3.8) is 0 Å². The SMILES string of the molecule is CC(C)N(CC(=O)O)C(=O)CSc1nc2ccccc2s1. The van der Waals surface area contributed by atoms with E-state index in [1.54, 1.807) is 0 Å². The normalized spacial score (nSPS) is 11.0. The van der Waals surface area contributed by atoms with Crippen LogP contribution in [0.4, 0.5) is 0 Å². The summed E-state index contributed by atoms with van der Waals surface area (Å²) < 4.78 is 1.90. The number of fused-ring (bicyclic) bond motifs is 1. The zero-order chi connectivity index (χ0) is 15.4. The molecule has 2 rings (SSSR count). The highest BCUT2D eigenvalue weighted by Crippen LogP contribution is 2.29. The second kappa shape index (κ2) is 6.91. The molecule has 1 N–H and O–H groups in total. The van der Waals surface area contributed by atoms with Gasteiger partial charge >= 0.3 is 5.97 Å². The number of thiazole rings is 1. The average molecular weight is 324 g/mol. The van der Waals surface area contributed by atoms with Gasteiger partial charge in [-0.2, -0.15) is 0 Å². The third-order valence-corrected chi connectivity index (χ3v) is 5.01. The monoisotopic (exact) mass is 324 g/mol. The number of carbonyl (C=O) groups excluding carboxylic acids is 1. The second-order valence-electron chi connectivity index (χ2n) is 4.75. The Morgan fingerprint density at radius 3 is 2.71 bits per heavy atom. The molecular weight excluding hydrogens is 308 g/mol. The Morgan fingerprint density at radius 1 is 1.38 bits per heavy atom. The number of carboxylic acids is 1. The van der Waals surface area contributed by atoms with Crippen molar-refractivity contribution in [1.29, 1.82) is 0 Å². The maximum atomic E-state index is 12.1. The fraction of sp³-hybridized carbons (Fsp3) is 0.357. The van der Waals surface area contributed by atoms with Gasteiger partial charge in [0.25, 0.3) is 0 Å². The largest absolute Gasteiger partial charge is 0.480 e. The van der Waals surface area contributed by atoms with Crippen molar-refractivity contribution in [2.75, 3.05) is 12.3 Å². The van der Waals surface area contributed by atoms with Crippen LogP contribution in [-0.4, -0.2) is 45.2 Å². The quantitative estimate of drug-likeness (QED) is 0.827. The van der Waals surface area contributed by atoms with Gasteiger partial charge in [0.05, 0.1) is 16.0 Å². The molecule has 0 saturated heterocycles. The molecule has 0 aliphatic carbocycles. The minimum atomic E-state index is -0.998. The molecule has 7 heteroatoms. The van der Waals surface area contributed by atoms with E-state index in [1.807, 2.05) is 38.1 Å². The number of para-hydroxylation sites is 1. The summed E-state index contributed by atoms with van der Waals surface area (Å²) in [6, 6.07) is 7.67. The van der Waals surface area contributed by atoms with Crippen molar-refractivity contribution < 1.29 is 14.7 Å². The first kappa shape index (κ1) is 15.8. The zero-order valence-electron chi connectivity index (χ0n) is 11.8. The molecule has 0 radical (unpaired) electrons. The van der Waals surface area contributed by atoms with Crippen LogP contribution in [0.1, 0.15) is 13.8 Å². The van der Waals surface area contributed by atoms with Gasteiger partial charge in [0.1, 0.15) is 6.54 Å². The minimum absolute atomic E-state index is 0.135. The van der Waals surface area contributed by atoms with Crippen molar-refractivity contribution in [2.45, 2.75) is 24.2 Å². The van der Waals surface area contributed by atoms with Crippen molar-refractivity contribution in [1.82, 2.24) is 9.88 Å². The summed E-state index contributed by atoms with van der Waals surface area (Å²) in [5, 5.41) is 8.85. The molecule has 112 valence electrons. The van der Waals surface area contributed by atoms with Crippen molar-refractivity contribution in [3.05, 3.63) is 24.3 Å². The molecule has 1 aromatic heterocycles. The van der Waals surface area contributed by atoms with Gasteiger partial charge < -0.3 is 10.0 Å². The molecule has 0 fully saturated rings. The lowest BCUT2D eigenvalue weighted by Crippen LogP contribution is -2.41. The summed E-state index contributed by atoms with van der Waals surface area (Å²) in [7, 11) is 0. The maximum absolute atomic E-state index is 12.1. The molecule has 0 atom stereocenters. The molecular formula is C14H16N2O3S2. The van der Waals surface area contributed by atoms with E-state index in [9.17, 15) is 9.59 Å². The first-order chi connectivity index (χ1) is 9.97. The van der Waals surface area contributed by atoms with Crippen molar-refractivity contribution >= 4 is 45.2 Å². The van der Waals surface area contributed by atoms with Crippen molar-refractivity contribution in [2.24, 2.45) is 0 Å². The number of amides is 1. The van der Waals surface area contributed by atoms with Crippen molar-refractivity contribution in [3.8, 4) is 0 Å². The number of aromatic nitrogens is 1. The number of carbonyl (C=O) groups is 2. The lowest BCUT2D eigenvalue weighted by Gasteiger charge is -2.24. The van der Waals surface area contributed by atoms with E-state index in [-0.39, 0.29) is 24.2 Å². The topological polar surface area (TPSA) is 70.5 Å². The summed E-state index contributed by atoms with van der Waals surface area (Å²) in [5.41, 5.74) is 0.920. The first-order valence-electron chi connectivity index (χ1n) is 6.47. The lowest BCUT2D eigenvalue weighted by atomic mass is 10.3. The van der Waals surface area contributed by atoms with E-state index >= 15 is 0 Å². The Hall–Kier alpha value is -1.60. The van der Waals surface area contributed by atoms with E-state index in [1.165, 1.54) is 28.0 Å². The molecule has 1 aromatic carbocycles. The molecule has 21 heavy (non-hydrogen) atoms. The molecule has 2 aromatic rings. The zero-order valence-corrected chi connectivity index (χ0v) is 13.4. The van der Waals surface area contributed by atoms with E-state index in [0.717, 1.165) is 14.6 Å². The Morgan fingerprint density at radius 2 is 2.10 bits per heavy atom. The van der Waals surface area contributed by atoms with Crippen LogP contribution in [0.15, 0.2) is 28.6 Å². The van der Waals surface area contributed by atoms with Crippen LogP contribution >= 0.6 is 23.1 Å². The number of thioether (sulfide) groups is 1. The smallest absolute Gasteiger partial charge is 0.323 e. The predicted octanol–water partition coefficient (Wildman–Crippen LogP) is 2.71. The van der Waals surface area contributed by atoms with Gasteiger partial charge in [0.2, 0.25) is 5.91 Å². The average Bonchev–Trinajstić information content (AvgIpc) is 2.84. The Kier molecular flexibility index (Phi) is 5.19. The molecule has 0 saturated carbocycles. The standard InChI is InChI=1S/C14H16N2O3S2/c1-9(2)16(7-13(18)19)12(17)8-20-14-15-10-5-3-4-6-11(10)21-14/h3-6,9H,7-8H2,1-2H3,(H,18,19). The van der Waals surface area contributed by atoms with E-state index in [0.29, 0.717) is 0 Å². The minimum Gasteiger partial charge on any atom is -0.480 e. The van der Waals surface area contributed by atoms with Gasteiger partial charge in [-0.1, -0.05) is 23.9 Å². The van der Waals surface area contributed by atoms with Crippen LogP contribution in [0.5, 0.6) is 0 Å². The van der Waals surface area contributed by atoms with Gasteiger partial charge in [-0.25, -0.2) is 4.98 Å². The van der Waals surface area contributed by atoms with Gasteiger partial charge in [0, 0.05) is 6.04 Å². The molecule has 5 nitrogen and oxygen atoms in total. The van der Waals surface area contributed by atoms with E-state index in [4.69, 9.17) is 5.11 Å². The van der Waals surface area contributed by atoms with Crippen LogP contribution in [0.2, 0.25) is 0 Å². The number of benzene rings is 1. The summed E-state index contributed by atoms with van der Waals surface area (Å²) in [5.74, 6) is -0.982. The number of rotatable bonds is 6. The highest BCUT2D eigenvalue weighted by molar-refractivity contribution is 8.01. The Bertz CT molecular complexity index is 621. The summed E-state index contributed by atoms with van der Waals surface area (Å²) in [6.45, 7) is 3.35. The maximum Gasteiger partial charge on any atom is 0.323 e.